The zero-order chi connectivity index (χ0) is 46.1. The van der Waals surface area contributed by atoms with E-state index in [4.69, 9.17) is 24.2 Å². The molecular weight excluding hydrogens is 853 g/mol. The van der Waals surface area contributed by atoms with Gasteiger partial charge in [0, 0.05) is 56.8 Å². The lowest BCUT2D eigenvalue weighted by Crippen LogP contribution is -2.69. The average molecular weight is 909 g/mol. The largest absolute Gasteiger partial charge is 0.460 e. The van der Waals surface area contributed by atoms with E-state index in [-0.39, 0.29) is 66.9 Å². The normalized spacial score (nSPS) is 22.8. The van der Waals surface area contributed by atoms with E-state index < -0.39 is 38.6 Å². The topological polar surface area (TPSA) is 199 Å². The highest BCUT2D eigenvalue weighted by atomic mass is 32.2. The van der Waals surface area contributed by atoms with Crippen molar-refractivity contribution in [3.05, 3.63) is 143 Å². The standard InChI is InChI=1S/C49H56N4O11S/c1-4-27-61-49-46(52(3)65(59,60)40-22-19-36(20-23-40)50-33(2)56)31-44(51-62-32-34-13-6-5-7-14-34)42-28-35(15-8-10-25-54)41(18-9-11-26-55)47(48(42)49)43-30-39(21-24-45(43)64-49)63-38-17-12-16-37(29-38)53(57)58/h4-7,12-14,16-17,19-24,28-30,35,41,46-48,54-55H,1,8-11,15,18,25-27,31-32H2,2-3H3,(H,50,56)/t35-,41+,46-,47+,48+,49+/m0/s1. The molecule has 65 heavy (non-hydrogen) atoms. The van der Waals surface area contributed by atoms with E-state index in [0.717, 1.165) is 29.5 Å². The first kappa shape index (κ1) is 47.1. The maximum Gasteiger partial charge on any atom is 0.273 e. The fourth-order valence-electron chi connectivity index (χ4n) is 9.57. The van der Waals surface area contributed by atoms with E-state index in [1.54, 1.807) is 30.3 Å². The van der Waals surface area contributed by atoms with Crippen LogP contribution in [0.1, 0.15) is 68.9 Å². The SMILES string of the molecule is C=CCO[C@@]12Oc3ccc(Oc4cccc([N+](=O)[O-])c4)cc3[C@H]3[C@H](CCCCO)[C@@H](CCCCO)C=C(C(=NOCc4ccccc4)C[C@@H]1N(C)S(=O)(=O)c1ccc(NC(C)=O)cc1)[C@H]32. The highest BCUT2D eigenvalue weighted by molar-refractivity contribution is 7.89. The molecule has 0 saturated heterocycles. The molecule has 1 amide bonds. The molecule has 2 aliphatic carbocycles. The third kappa shape index (κ3) is 10.3. The number of anilines is 1. The van der Waals surface area contributed by atoms with Crippen LogP contribution in [0, 0.1) is 27.9 Å². The van der Waals surface area contributed by atoms with Gasteiger partial charge in [0.1, 0.15) is 23.9 Å². The number of benzene rings is 4. The van der Waals surface area contributed by atoms with Gasteiger partial charge in [0.25, 0.3) is 5.69 Å². The number of hydrogen-bond donors (Lipinski definition) is 3. The maximum atomic E-state index is 14.9. The smallest absolute Gasteiger partial charge is 0.273 e. The molecule has 1 fully saturated rings. The van der Waals surface area contributed by atoms with Crippen LogP contribution in [0.25, 0.3) is 0 Å². The molecule has 0 unspecified atom stereocenters. The number of aliphatic hydroxyl groups excluding tert-OH is 2. The summed E-state index contributed by atoms with van der Waals surface area (Å²) in [5.41, 5.74) is 3.29. The monoisotopic (exact) mass is 908 g/mol. The van der Waals surface area contributed by atoms with Crippen molar-refractivity contribution in [2.45, 2.75) is 81.1 Å². The zero-order valence-electron chi connectivity index (χ0n) is 36.6. The van der Waals surface area contributed by atoms with Crippen LogP contribution < -0.4 is 14.8 Å². The molecule has 3 aliphatic rings. The number of aliphatic hydroxyl groups is 2. The minimum Gasteiger partial charge on any atom is -0.460 e. The van der Waals surface area contributed by atoms with E-state index in [9.17, 15) is 33.5 Å². The van der Waals surface area contributed by atoms with E-state index in [1.807, 2.05) is 36.4 Å². The number of unbranched alkanes of at least 4 members (excludes halogenated alkanes) is 2. The summed E-state index contributed by atoms with van der Waals surface area (Å²) in [6, 6.07) is 25.8. The van der Waals surface area contributed by atoms with Gasteiger partial charge in [-0.25, -0.2) is 8.42 Å². The molecule has 1 saturated carbocycles. The third-order valence-corrected chi connectivity index (χ3v) is 14.3. The zero-order valence-corrected chi connectivity index (χ0v) is 37.4. The second-order valence-electron chi connectivity index (χ2n) is 16.6. The molecule has 4 aromatic rings. The van der Waals surface area contributed by atoms with Crippen molar-refractivity contribution in [3.8, 4) is 17.2 Å². The lowest BCUT2D eigenvalue weighted by atomic mass is 9.55. The summed E-state index contributed by atoms with van der Waals surface area (Å²) in [6.07, 6.45) is 7.83. The van der Waals surface area contributed by atoms with Gasteiger partial charge in [0.15, 0.2) is 0 Å². The Balaban J connectivity index is 1.43. The van der Waals surface area contributed by atoms with Gasteiger partial charge in [-0.1, -0.05) is 66.5 Å². The number of nitrogens with one attached hydrogen (secondary N) is 1. The van der Waals surface area contributed by atoms with Gasteiger partial charge in [-0.3, -0.25) is 14.9 Å². The molecule has 6 atom stereocenters. The quantitative estimate of drug-likeness (QED) is 0.0313. The minimum atomic E-state index is -4.29. The second-order valence-corrected chi connectivity index (χ2v) is 18.6. The first-order valence-corrected chi connectivity index (χ1v) is 23.4. The van der Waals surface area contributed by atoms with Crippen molar-refractivity contribution in [2.75, 3.05) is 32.2 Å². The molecule has 7 rings (SSSR count). The predicted octanol–water partition coefficient (Wildman–Crippen LogP) is 8.50. The predicted molar refractivity (Wildman–Crippen MR) is 245 cm³/mol. The number of fused-ring (bicyclic) bond motifs is 2. The Morgan fingerprint density at radius 1 is 0.985 bits per heavy atom. The van der Waals surface area contributed by atoms with Gasteiger partial charge in [-0.15, -0.1) is 6.58 Å². The van der Waals surface area contributed by atoms with Crippen LogP contribution in [0.3, 0.4) is 0 Å². The number of rotatable bonds is 21. The molecule has 0 spiro atoms. The number of sulfonamides is 1. The van der Waals surface area contributed by atoms with Gasteiger partial charge >= 0.3 is 0 Å². The van der Waals surface area contributed by atoms with Crippen LogP contribution in [0.15, 0.2) is 131 Å². The van der Waals surface area contributed by atoms with Crippen molar-refractivity contribution in [3.63, 3.8) is 0 Å². The van der Waals surface area contributed by atoms with Crippen molar-refractivity contribution in [1.29, 1.82) is 0 Å². The van der Waals surface area contributed by atoms with Crippen molar-refractivity contribution >= 4 is 33.0 Å². The van der Waals surface area contributed by atoms with Gasteiger partial charge in [-0.05, 0) is 97.2 Å². The Labute approximate surface area is 379 Å². The van der Waals surface area contributed by atoms with Crippen molar-refractivity contribution < 1.29 is 47.4 Å². The van der Waals surface area contributed by atoms with E-state index in [2.05, 4.69) is 18.0 Å². The summed E-state index contributed by atoms with van der Waals surface area (Å²) in [6.45, 7) is 5.54. The van der Waals surface area contributed by atoms with Gasteiger partial charge in [0.2, 0.25) is 21.7 Å². The molecule has 1 aliphatic heterocycles. The average Bonchev–Trinajstić information content (AvgIpc) is 3.30. The summed E-state index contributed by atoms with van der Waals surface area (Å²) in [7, 11) is -2.79. The Bertz CT molecular complexity index is 2500. The van der Waals surface area contributed by atoms with Crippen molar-refractivity contribution in [1.82, 2.24) is 4.31 Å². The maximum absolute atomic E-state index is 14.9. The number of carbonyl (C=O) groups excluding carboxylic acids is 1. The molecule has 1 heterocycles. The number of allylic oxidation sites excluding steroid dienone is 1. The highest BCUT2D eigenvalue weighted by Gasteiger charge is 2.65. The third-order valence-electron chi connectivity index (χ3n) is 12.4. The first-order valence-electron chi connectivity index (χ1n) is 21.9. The number of amides is 1. The molecule has 0 radical (unpaired) electrons. The number of hydrogen-bond acceptors (Lipinski definition) is 12. The molecule has 15 nitrogen and oxygen atoms in total. The summed E-state index contributed by atoms with van der Waals surface area (Å²) in [5, 5.41) is 39.0. The number of non-ortho nitro benzene ring substituents is 1. The number of ether oxygens (including phenoxy) is 3. The number of nitro benzene ring substituents is 1. The molecular formula is C49H56N4O11S. The number of likely N-dealkylation sites (N-methyl/N-ethyl adjacent to an activating group) is 1. The fraction of sp³-hybridized carbons (Fsp3) is 0.388. The van der Waals surface area contributed by atoms with Crippen LogP contribution in [0.5, 0.6) is 17.2 Å². The Morgan fingerprint density at radius 3 is 2.40 bits per heavy atom. The van der Waals surface area contributed by atoms with E-state index in [0.29, 0.717) is 48.6 Å². The summed E-state index contributed by atoms with van der Waals surface area (Å²) in [5.74, 6) is -2.10. The molecule has 16 heteroatoms. The van der Waals surface area contributed by atoms with Crippen LogP contribution in [0.4, 0.5) is 11.4 Å². The number of carbonyl (C=O) groups is 1. The summed E-state index contributed by atoms with van der Waals surface area (Å²) >= 11 is 0. The molecule has 0 bridgehead atoms. The molecule has 344 valence electrons. The van der Waals surface area contributed by atoms with Crippen LogP contribution in [0.2, 0.25) is 0 Å². The Kier molecular flexibility index (Phi) is 15.2. The Morgan fingerprint density at radius 2 is 1.71 bits per heavy atom. The van der Waals surface area contributed by atoms with E-state index in [1.165, 1.54) is 54.7 Å². The number of oxime groups is 1. The van der Waals surface area contributed by atoms with Crippen LogP contribution in [-0.2, 0) is 31.0 Å². The summed E-state index contributed by atoms with van der Waals surface area (Å²) in [4.78, 5) is 29.1. The molecule has 3 N–H and O–H groups in total. The fourth-order valence-corrected chi connectivity index (χ4v) is 10.9. The van der Waals surface area contributed by atoms with Gasteiger partial charge in [-0.2, -0.15) is 4.31 Å². The Hall–Kier alpha value is -5.91. The number of nitrogens with zero attached hydrogens (tertiary/aromatic N) is 3. The van der Waals surface area contributed by atoms with Crippen LogP contribution >= 0.6 is 0 Å². The van der Waals surface area contributed by atoms with Crippen molar-refractivity contribution in [2.24, 2.45) is 22.9 Å². The minimum absolute atomic E-state index is 0.00169. The van der Waals surface area contributed by atoms with Crippen LogP contribution in [-0.4, -0.2) is 78.2 Å². The lowest BCUT2D eigenvalue weighted by Gasteiger charge is -2.59. The lowest BCUT2D eigenvalue weighted by molar-refractivity contribution is -0.384. The molecule has 4 aromatic carbocycles. The summed E-state index contributed by atoms with van der Waals surface area (Å²) < 4.78 is 51.5. The first-order chi connectivity index (χ1) is 31.4. The van der Waals surface area contributed by atoms with E-state index >= 15 is 0 Å². The molecule has 0 aromatic heterocycles. The number of nitro groups is 1. The highest BCUT2D eigenvalue weighted by Crippen LogP contribution is 2.62. The van der Waals surface area contributed by atoms with Gasteiger partial charge < -0.3 is 34.6 Å². The second kappa shape index (κ2) is 20.9. The van der Waals surface area contributed by atoms with Gasteiger partial charge in [0.05, 0.1) is 40.2 Å².